The predicted octanol–water partition coefficient (Wildman–Crippen LogP) is 7.08. The van der Waals surface area contributed by atoms with Gasteiger partial charge in [0.25, 0.3) is 0 Å². The third-order valence-electron chi connectivity index (χ3n) is 9.56. The van der Waals surface area contributed by atoms with E-state index in [1.165, 1.54) is 4.90 Å². The molecule has 3 rings (SSSR count). The van der Waals surface area contributed by atoms with Crippen LogP contribution in [0.4, 0.5) is 22.0 Å². The van der Waals surface area contributed by atoms with Gasteiger partial charge in [-0.1, -0.05) is 60.3 Å². The number of unbranched alkanes of at least 4 members (excludes halogenated alkanes) is 2. The number of benzene rings is 1. The van der Waals surface area contributed by atoms with Crippen molar-refractivity contribution in [3.8, 4) is 5.75 Å². The van der Waals surface area contributed by atoms with Gasteiger partial charge in [0, 0.05) is 31.4 Å². The number of amides is 2. The molecule has 3 unspecified atom stereocenters. The van der Waals surface area contributed by atoms with E-state index in [4.69, 9.17) is 9.47 Å². The molecule has 1 aromatic carbocycles. The van der Waals surface area contributed by atoms with Crippen molar-refractivity contribution in [2.45, 2.75) is 117 Å². The lowest BCUT2D eigenvalue weighted by molar-refractivity contribution is -0.153. The zero-order chi connectivity index (χ0) is 40.3. The third-order valence-corrected chi connectivity index (χ3v) is 10.5. The van der Waals surface area contributed by atoms with E-state index in [9.17, 15) is 41.1 Å². The minimum Gasteiger partial charge on any atom is -0.455 e. The number of aromatic nitrogens is 1. The van der Waals surface area contributed by atoms with Crippen LogP contribution in [-0.4, -0.2) is 83.6 Å². The van der Waals surface area contributed by atoms with Crippen molar-refractivity contribution < 1.29 is 55.3 Å². The van der Waals surface area contributed by atoms with E-state index in [-0.39, 0.29) is 41.9 Å². The first-order valence-corrected chi connectivity index (χ1v) is 19.2. The average molecular weight is 791 g/mol. The van der Waals surface area contributed by atoms with Gasteiger partial charge in [0.05, 0.1) is 6.04 Å². The van der Waals surface area contributed by atoms with Crippen LogP contribution in [-0.2, 0) is 23.9 Å². The van der Waals surface area contributed by atoms with Gasteiger partial charge in [-0.2, -0.15) is 8.78 Å². The molecule has 17 heteroatoms. The number of ether oxygens (including phenoxy) is 3. The van der Waals surface area contributed by atoms with Gasteiger partial charge in [0.2, 0.25) is 46.6 Å². The number of hydrogen-bond acceptors (Lipinski definition) is 10. The largest absolute Gasteiger partial charge is 0.455 e. The molecule has 1 aliphatic rings. The van der Waals surface area contributed by atoms with Crippen LogP contribution in [0.5, 0.6) is 5.75 Å². The van der Waals surface area contributed by atoms with Gasteiger partial charge in [-0.3, -0.25) is 19.3 Å². The van der Waals surface area contributed by atoms with Gasteiger partial charge < -0.3 is 24.4 Å². The lowest BCUT2D eigenvalue weighted by Crippen LogP contribution is -2.59. The number of nitrogens with one attached hydrogen (secondary N) is 1. The summed E-state index contributed by atoms with van der Waals surface area (Å²) in [5.74, 6) is -16.9. The second-order valence-electron chi connectivity index (χ2n) is 13.9. The number of likely N-dealkylation sites (tertiary alicyclic amines) is 1. The molecule has 302 valence electrons. The molecular weight excluding hydrogens is 739 g/mol. The molecule has 5 atom stereocenters. The molecule has 2 heterocycles. The Morgan fingerprint density at radius 1 is 1.00 bits per heavy atom. The summed E-state index contributed by atoms with van der Waals surface area (Å²) in [5.41, 5.74) is -0.559. The van der Waals surface area contributed by atoms with Gasteiger partial charge in [-0.25, -0.2) is 22.9 Å². The van der Waals surface area contributed by atoms with E-state index >= 15 is 0 Å². The SMILES string of the molecule is CCCCCOCN(C(=O)C(NC(=O)C1CCCCN1C)C(C)CC)[C@H](C[C@@H](OC(C)=O)c1nc(C(=O)Oc2c(F)c(F)c(F)c(F)c2F)cs1)C(C)C. The van der Waals surface area contributed by atoms with Crippen molar-refractivity contribution in [3.63, 3.8) is 0 Å². The average Bonchev–Trinajstić information content (AvgIpc) is 3.64. The van der Waals surface area contributed by atoms with Crippen molar-refractivity contribution in [2.24, 2.45) is 11.8 Å². The highest BCUT2D eigenvalue weighted by Crippen LogP contribution is 2.33. The number of esters is 2. The Balaban J connectivity index is 1.96. The van der Waals surface area contributed by atoms with Crippen LogP contribution in [0.15, 0.2) is 5.38 Å². The Bertz CT molecular complexity index is 1580. The van der Waals surface area contributed by atoms with Crippen LogP contribution < -0.4 is 10.1 Å². The second kappa shape index (κ2) is 20.8. The van der Waals surface area contributed by atoms with E-state index in [0.717, 1.165) is 62.3 Å². The molecule has 2 amide bonds. The Morgan fingerprint density at radius 2 is 1.65 bits per heavy atom. The number of rotatable bonds is 19. The number of carbonyl (C=O) groups excluding carboxylic acids is 4. The van der Waals surface area contributed by atoms with Crippen LogP contribution >= 0.6 is 11.3 Å². The molecule has 0 spiro atoms. The first kappa shape index (κ1) is 44.7. The van der Waals surface area contributed by atoms with E-state index in [0.29, 0.717) is 19.4 Å². The Morgan fingerprint density at radius 3 is 2.22 bits per heavy atom. The number of likely N-dealkylation sites (N-methyl/N-ethyl adjacent to an activating group) is 1. The van der Waals surface area contributed by atoms with Crippen LogP contribution in [0.3, 0.4) is 0 Å². The predicted molar refractivity (Wildman–Crippen MR) is 190 cm³/mol. The summed E-state index contributed by atoms with van der Waals surface area (Å²) in [6, 6.07) is -1.97. The molecule has 0 radical (unpaired) electrons. The number of piperidine rings is 1. The van der Waals surface area contributed by atoms with Crippen molar-refractivity contribution in [3.05, 3.63) is 45.2 Å². The summed E-state index contributed by atoms with van der Waals surface area (Å²) < 4.78 is 85.6. The van der Waals surface area contributed by atoms with E-state index in [2.05, 4.69) is 15.0 Å². The minimum absolute atomic E-state index is 0.0311. The number of hydrogen-bond donors (Lipinski definition) is 1. The number of halogens is 5. The van der Waals surface area contributed by atoms with Crippen LogP contribution in [0, 0.1) is 40.9 Å². The highest BCUT2D eigenvalue weighted by molar-refractivity contribution is 7.09. The molecule has 0 aliphatic carbocycles. The fourth-order valence-corrected chi connectivity index (χ4v) is 7.01. The first-order chi connectivity index (χ1) is 25.5. The molecule has 0 saturated carbocycles. The molecule has 0 bridgehead atoms. The van der Waals surface area contributed by atoms with Crippen molar-refractivity contribution in [1.82, 2.24) is 20.1 Å². The number of thiazole rings is 1. The Hall–Kier alpha value is -3.70. The number of nitrogens with zero attached hydrogens (tertiary/aromatic N) is 3. The quantitative estimate of drug-likeness (QED) is 0.0302. The van der Waals surface area contributed by atoms with E-state index in [1.54, 1.807) is 0 Å². The van der Waals surface area contributed by atoms with E-state index in [1.807, 2.05) is 46.6 Å². The standard InChI is InChI=1S/C37H51F5N4O7S/c1-8-10-13-16-51-19-46(36(49)32(21(5)9-2)44-34(48)24-14-11-12-15-45(24)7)25(20(3)4)17-26(52-22(6)47)35-43-23(18-54-35)37(50)53-33-30(41)28(39)27(38)29(40)31(33)42/h18,20-21,24-26,32H,8-17,19H2,1-7H3,(H,44,48)/t21?,24?,25-,26-,32?/m1/s1. The monoisotopic (exact) mass is 790 g/mol. The van der Waals surface area contributed by atoms with Gasteiger partial charge in [0.1, 0.15) is 17.8 Å². The summed E-state index contributed by atoms with van der Waals surface area (Å²) in [5, 5.41) is 4.17. The zero-order valence-corrected chi connectivity index (χ0v) is 32.6. The van der Waals surface area contributed by atoms with Crippen LogP contribution in [0.25, 0.3) is 0 Å². The lowest BCUT2D eigenvalue weighted by atomic mass is 9.92. The summed E-state index contributed by atoms with van der Waals surface area (Å²) in [6.45, 7) is 11.7. The topological polar surface area (TPSA) is 127 Å². The number of carbonyl (C=O) groups is 4. The second-order valence-corrected chi connectivity index (χ2v) is 14.8. The summed E-state index contributed by atoms with van der Waals surface area (Å²) >= 11 is 0.814. The molecule has 1 fully saturated rings. The molecule has 1 aliphatic heterocycles. The fourth-order valence-electron chi connectivity index (χ4n) is 6.18. The highest BCUT2D eigenvalue weighted by atomic mass is 32.1. The minimum atomic E-state index is -2.42. The molecule has 1 N–H and O–H groups in total. The van der Waals surface area contributed by atoms with Crippen LogP contribution in [0.1, 0.15) is 115 Å². The molecular formula is C37H51F5N4O7S. The Labute approximate surface area is 316 Å². The molecule has 2 aromatic rings. The zero-order valence-electron chi connectivity index (χ0n) is 31.8. The van der Waals surface area contributed by atoms with Gasteiger partial charge >= 0.3 is 11.9 Å². The maximum atomic E-state index is 14.6. The van der Waals surface area contributed by atoms with Crippen molar-refractivity contribution >= 4 is 35.1 Å². The smallest absolute Gasteiger partial charge is 0.363 e. The maximum absolute atomic E-state index is 14.6. The fraction of sp³-hybridized carbons (Fsp3) is 0.649. The van der Waals surface area contributed by atoms with Gasteiger partial charge in [-0.15, -0.1) is 11.3 Å². The highest BCUT2D eigenvalue weighted by Gasteiger charge is 2.39. The maximum Gasteiger partial charge on any atom is 0.363 e. The molecule has 1 aromatic heterocycles. The lowest BCUT2D eigenvalue weighted by Gasteiger charge is -2.40. The Kier molecular flexibility index (Phi) is 17.2. The van der Waals surface area contributed by atoms with E-state index < -0.39 is 76.6 Å². The summed E-state index contributed by atoms with van der Waals surface area (Å²) in [6.07, 6.45) is 4.51. The first-order valence-electron chi connectivity index (χ1n) is 18.3. The summed E-state index contributed by atoms with van der Waals surface area (Å²) in [4.78, 5) is 61.1. The normalized spacial score (nSPS) is 17.1. The molecule has 11 nitrogen and oxygen atoms in total. The molecule has 54 heavy (non-hydrogen) atoms. The van der Waals surface area contributed by atoms with Crippen LogP contribution in [0.2, 0.25) is 0 Å². The summed E-state index contributed by atoms with van der Waals surface area (Å²) in [7, 11) is 1.88. The molecule has 1 saturated heterocycles. The van der Waals surface area contributed by atoms with Crippen molar-refractivity contribution in [2.75, 3.05) is 26.9 Å². The van der Waals surface area contributed by atoms with Crippen molar-refractivity contribution in [1.29, 1.82) is 0 Å². The van der Waals surface area contributed by atoms with Gasteiger partial charge in [-0.05, 0) is 44.7 Å². The van der Waals surface area contributed by atoms with Gasteiger partial charge in [0.15, 0.2) is 11.8 Å². The third kappa shape index (κ3) is 11.4.